The number of aliphatic hydroxyl groups is 1. The number of piperidine rings is 1. The van der Waals surface area contributed by atoms with Gasteiger partial charge in [0.2, 0.25) is 0 Å². The number of aromatic nitrogens is 3. The van der Waals surface area contributed by atoms with E-state index in [9.17, 15) is 5.11 Å². The van der Waals surface area contributed by atoms with Gasteiger partial charge in [0.05, 0.1) is 18.0 Å². The molecule has 29 heavy (non-hydrogen) atoms. The predicted molar refractivity (Wildman–Crippen MR) is 111 cm³/mol. The van der Waals surface area contributed by atoms with Crippen molar-refractivity contribution < 1.29 is 5.11 Å². The van der Waals surface area contributed by atoms with Crippen molar-refractivity contribution >= 4 is 0 Å². The van der Waals surface area contributed by atoms with Gasteiger partial charge in [0, 0.05) is 18.5 Å². The van der Waals surface area contributed by atoms with Crippen molar-refractivity contribution in [3.63, 3.8) is 0 Å². The molecule has 2 atom stereocenters. The molecule has 1 aliphatic heterocycles. The number of nitrogens with one attached hydrogen (secondary N) is 2. The van der Waals surface area contributed by atoms with Crippen molar-refractivity contribution in [1.29, 1.82) is 0 Å². The van der Waals surface area contributed by atoms with Crippen LogP contribution in [0, 0.1) is 0 Å². The minimum atomic E-state index is -0.492. The third kappa shape index (κ3) is 3.27. The van der Waals surface area contributed by atoms with Gasteiger partial charge in [-0.15, -0.1) is 5.10 Å². The minimum absolute atomic E-state index is 0.181. The summed E-state index contributed by atoms with van der Waals surface area (Å²) in [4.78, 5) is 0. The molecule has 2 aromatic carbocycles. The van der Waals surface area contributed by atoms with Crippen molar-refractivity contribution in [2.24, 2.45) is 0 Å². The van der Waals surface area contributed by atoms with E-state index < -0.39 is 6.10 Å². The smallest absolute Gasteiger partial charge is 0.106 e. The zero-order valence-corrected chi connectivity index (χ0v) is 16.5. The molecule has 0 unspecified atom stereocenters. The van der Waals surface area contributed by atoms with Crippen LogP contribution in [0.15, 0.2) is 60.8 Å². The molecule has 0 bridgehead atoms. The average molecular weight is 390 g/mol. The lowest BCUT2D eigenvalue weighted by atomic mass is 9.72. The Kier molecular flexibility index (Phi) is 4.91. The summed E-state index contributed by atoms with van der Waals surface area (Å²) < 4.78 is 1.86. The maximum atomic E-state index is 11.4. The lowest BCUT2D eigenvalue weighted by Crippen LogP contribution is -2.47. The van der Waals surface area contributed by atoms with Gasteiger partial charge in [0.15, 0.2) is 0 Å². The number of nitrogens with zero attached hydrogens (tertiary/aromatic N) is 3. The molecule has 6 nitrogen and oxygen atoms in total. The molecule has 1 aromatic heterocycles. The molecule has 3 N–H and O–H groups in total. The van der Waals surface area contributed by atoms with Crippen LogP contribution in [-0.4, -0.2) is 39.3 Å². The third-order valence-electron chi connectivity index (χ3n) is 6.50. The zero-order chi connectivity index (χ0) is 19.7. The lowest BCUT2D eigenvalue weighted by Gasteiger charge is -2.38. The van der Waals surface area contributed by atoms with E-state index in [0.717, 1.165) is 38.2 Å². The van der Waals surface area contributed by atoms with Gasteiger partial charge in [0.1, 0.15) is 6.04 Å². The number of benzene rings is 2. The molecule has 1 fully saturated rings. The van der Waals surface area contributed by atoms with Gasteiger partial charge in [-0.05, 0) is 42.6 Å². The standard InChI is InChI=1S/C23H27N5O/c29-22-21(19-8-4-5-9-20(19)23(22)10-12-24-13-11-23)28-16-18(26-27-28)15-25-14-17-6-2-1-3-7-17/h1-9,16,21-22,24-25,29H,10-15H2/t21-,22+/m0/s1. The van der Waals surface area contributed by atoms with Gasteiger partial charge < -0.3 is 15.7 Å². The number of hydrogen-bond donors (Lipinski definition) is 3. The van der Waals surface area contributed by atoms with Gasteiger partial charge in [-0.25, -0.2) is 4.68 Å². The van der Waals surface area contributed by atoms with Crippen LogP contribution in [0.1, 0.15) is 41.3 Å². The first-order valence-electron chi connectivity index (χ1n) is 10.4. The molecule has 6 heteroatoms. The van der Waals surface area contributed by atoms with E-state index >= 15 is 0 Å². The highest BCUT2D eigenvalue weighted by atomic mass is 16.3. The first kappa shape index (κ1) is 18.5. The normalized spacial score (nSPS) is 22.7. The molecule has 5 rings (SSSR count). The Balaban J connectivity index is 1.36. The van der Waals surface area contributed by atoms with Crippen molar-refractivity contribution in [3.05, 3.63) is 83.2 Å². The highest BCUT2D eigenvalue weighted by molar-refractivity contribution is 5.45. The molecule has 150 valence electrons. The van der Waals surface area contributed by atoms with Crippen LogP contribution in [0.5, 0.6) is 0 Å². The summed E-state index contributed by atoms with van der Waals surface area (Å²) in [6, 6.07) is 18.6. The Bertz CT molecular complexity index is 964. The molecular weight excluding hydrogens is 362 g/mol. The predicted octanol–water partition coefficient (Wildman–Crippen LogP) is 2.15. The van der Waals surface area contributed by atoms with Crippen LogP contribution in [0.4, 0.5) is 0 Å². The zero-order valence-electron chi connectivity index (χ0n) is 16.5. The first-order valence-corrected chi connectivity index (χ1v) is 10.4. The van der Waals surface area contributed by atoms with Crippen LogP contribution < -0.4 is 10.6 Å². The first-order chi connectivity index (χ1) is 14.3. The summed E-state index contributed by atoms with van der Waals surface area (Å²) in [6.45, 7) is 3.31. The Labute approximate surface area is 171 Å². The molecule has 0 amide bonds. The maximum absolute atomic E-state index is 11.4. The van der Waals surface area contributed by atoms with E-state index in [1.165, 1.54) is 16.7 Å². The second-order valence-electron chi connectivity index (χ2n) is 8.16. The second kappa shape index (κ2) is 7.71. The summed E-state index contributed by atoms with van der Waals surface area (Å²) in [5, 5.41) is 27.1. The highest BCUT2D eigenvalue weighted by Crippen LogP contribution is 2.51. The maximum Gasteiger partial charge on any atom is 0.106 e. The van der Waals surface area contributed by atoms with E-state index in [1.54, 1.807) is 0 Å². The second-order valence-corrected chi connectivity index (χ2v) is 8.16. The van der Waals surface area contributed by atoms with Crippen LogP contribution >= 0.6 is 0 Å². The number of rotatable bonds is 5. The Morgan fingerprint density at radius 1 is 1.03 bits per heavy atom. The fourth-order valence-corrected chi connectivity index (χ4v) is 5.03. The Morgan fingerprint density at radius 2 is 1.79 bits per heavy atom. The van der Waals surface area contributed by atoms with Crippen molar-refractivity contribution in [2.75, 3.05) is 13.1 Å². The fourth-order valence-electron chi connectivity index (χ4n) is 5.03. The molecule has 2 aliphatic rings. The van der Waals surface area contributed by atoms with E-state index in [0.29, 0.717) is 6.54 Å². The van der Waals surface area contributed by atoms with Crippen molar-refractivity contribution in [2.45, 2.75) is 43.5 Å². The monoisotopic (exact) mass is 389 g/mol. The molecule has 0 saturated carbocycles. The Hall–Kier alpha value is -2.54. The van der Waals surface area contributed by atoms with Gasteiger partial charge in [-0.3, -0.25) is 0 Å². The summed E-state index contributed by atoms with van der Waals surface area (Å²) in [5.41, 5.74) is 4.39. The average Bonchev–Trinajstić information content (AvgIpc) is 3.31. The largest absolute Gasteiger partial charge is 0.390 e. The van der Waals surface area contributed by atoms with Crippen LogP contribution in [0.25, 0.3) is 0 Å². The topological polar surface area (TPSA) is 75.0 Å². The third-order valence-corrected chi connectivity index (χ3v) is 6.50. The SMILES string of the molecule is O[C@@H]1[C@@H](n2cc(CNCc3ccccc3)nn2)c2ccccc2C12CCNCC2. The van der Waals surface area contributed by atoms with Crippen LogP contribution in [-0.2, 0) is 18.5 Å². The van der Waals surface area contributed by atoms with Crippen molar-refractivity contribution in [1.82, 2.24) is 25.6 Å². The number of aliphatic hydroxyl groups excluding tert-OH is 1. The minimum Gasteiger partial charge on any atom is -0.390 e. The summed E-state index contributed by atoms with van der Waals surface area (Å²) in [5.74, 6) is 0. The highest BCUT2D eigenvalue weighted by Gasteiger charge is 2.52. The molecule has 1 saturated heterocycles. The lowest BCUT2D eigenvalue weighted by molar-refractivity contribution is 0.0421. The molecule has 0 radical (unpaired) electrons. The van der Waals surface area contributed by atoms with Gasteiger partial charge in [0.25, 0.3) is 0 Å². The van der Waals surface area contributed by atoms with Gasteiger partial charge in [-0.2, -0.15) is 0 Å². The summed E-state index contributed by atoms with van der Waals surface area (Å²) >= 11 is 0. The van der Waals surface area contributed by atoms with Crippen LogP contribution in [0.2, 0.25) is 0 Å². The van der Waals surface area contributed by atoms with E-state index in [1.807, 2.05) is 29.1 Å². The number of fused-ring (bicyclic) bond motifs is 2. The quantitative estimate of drug-likeness (QED) is 0.624. The van der Waals surface area contributed by atoms with Gasteiger partial charge >= 0.3 is 0 Å². The van der Waals surface area contributed by atoms with Crippen LogP contribution in [0.3, 0.4) is 0 Å². The van der Waals surface area contributed by atoms with E-state index in [2.05, 4.69) is 57.3 Å². The fraction of sp³-hybridized carbons (Fsp3) is 0.391. The molecule has 3 aromatic rings. The molecule has 1 spiro atoms. The molecule has 1 aliphatic carbocycles. The molecule has 2 heterocycles. The van der Waals surface area contributed by atoms with Gasteiger partial charge in [-0.1, -0.05) is 59.8 Å². The Morgan fingerprint density at radius 3 is 2.62 bits per heavy atom. The van der Waals surface area contributed by atoms with E-state index in [-0.39, 0.29) is 11.5 Å². The number of hydrogen-bond acceptors (Lipinski definition) is 5. The summed E-state index contributed by atoms with van der Waals surface area (Å²) in [7, 11) is 0. The van der Waals surface area contributed by atoms with E-state index in [4.69, 9.17) is 0 Å². The molecular formula is C23H27N5O. The summed E-state index contributed by atoms with van der Waals surface area (Å²) in [6.07, 6.45) is 3.38. The van der Waals surface area contributed by atoms with Crippen molar-refractivity contribution in [3.8, 4) is 0 Å².